The van der Waals surface area contributed by atoms with Gasteiger partial charge in [0.15, 0.2) is 0 Å². The molecule has 1 N–H and O–H groups in total. The Morgan fingerprint density at radius 2 is 2.05 bits per heavy atom. The number of likely N-dealkylation sites (N-methyl/N-ethyl adjacent to an activating group) is 1. The molecular formula is C16H28ClN3O2. The molecule has 126 valence electrons. The van der Waals surface area contributed by atoms with Crippen molar-refractivity contribution in [2.75, 3.05) is 33.9 Å². The van der Waals surface area contributed by atoms with Gasteiger partial charge in [-0.05, 0) is 45.1 Å². The van der Waals surface area contributed by atoms with E-state index in [2.05, 4.69) is 15.1 Å². The van der Waals surface area contributed by atoms with Crippen molar-refractivity contribution in [3.63, 3.8) is 0 Å². The van der Waals surface area contributed by atoms with Gasteiger partial charge in [0.2, 0.25) is 0 Å². The third-order valence-electron chi connectivity index (χ3n) is 5.72. The zero-order chi connectivity index (χ0) is 15.7. The summed E-state index contributed by atoms with van der Waals surface area (Å²) in [5.41, 5.74) is 0. The summed E-state index contributed by atoms with van der Waals surface area (Å²) in [6.07, 6.45) is 5.67. The summed E-state index contributed by atoms with van der Waals surface area (Å²) in [6, 6.07) is 0.815. The van der Waals surface area contributed by atoms with Gasteiger partial charge in [0.1, 0.15) is 6.04 Å². The maximum atomic E-state index is 11.9. The number of fused-ring (bicyclic) bond motifs is 1. The van der Waals surface area contributed by atoms with Crippen LogP contribution in [0, 0.1) is 5.92 Å². The molecule has 0 aromatic heterocycles. The molecule has 5 nitrogen and oxygen atoms in total. The van der Waals surface area contributed by atoms with Gasteiger partial charge < -0.3 is 4.74 Å². The summed E-state index contributed by atoms with van der Waals surface area (Å²) in [4.78, 5) is 16.6. The van der Waals surface area contributed by atoms with E-state index in [0.29, 0.717) is 17.5 Å². The van der Waals surface area contributed by atoms with Crippen molar-refractivity contribution in [3.8, 4) is 0 Å². The Morgan fingerprint density at radius 1 is 1.32 bits per heavy atom. The third kappa shape index (κ3) is 3.42. The highest BCUT2D eigenvalue weighted by atomic mass is 35.5. The zero-order valence-electron chi connectivity index (χ0n) is 13.6. The number of alkyl halides is 1. The summed E-state index contributed by atoms with van der Waals surface area (Å²) in [7, 11) is 3.51. The molecule has 22 heavy (non-hydrogen) atoms. The largest absolute Gasteiger partial charge is 0.468 e. The number of methoxy groups -OCH3 is 1. The Labute approximate surface area is 138 Å². The Bertz CT molecular complexity index is 401. The first kappa shape index (κ1) is 16.5. The first-order valence-electron chi connectivity index (χ1n) is 8.48. The van der Waals surface area contributed by atoms with Gasteiger partial charge in [0.05, 0.1) is 7.11 Å². The second kappa shape index (κ2) is 7.04. The lowest BCUT2D eigenvalue weighted by Gasteiger charge is -2.41. The van der Waals surface area contributed by atoms with Crippen molar-refractivity contribution in [2.45, 2.75) is 55.6 Å². The average molecular weight is 330 g/mol. The first-order valence-corrected chi connectivity index (χ1v) is 8.91. The van der Waals surface area contributed by atoms with E-state index in [-0.39, 0.29) is 12.0 Å². The molecule has 1 saturated carbocycles. The fraction of sp³-hybridized carbons (Fsp3) is 0.938. The molecule has 1 aliphatic carbocycles. The number of halogens is 1. The smallest absolute Gasteiger partial charge is 0.323 e. The summed E-state index contributed by atoms with van der Waals surface area (Å²) in [6.45, 7) is 3.04. The average Bonchev–Trinajstić information content (AvgIpc) is 2.90. The molecule has 0 spiro atoms. The topological polar surface area (TPSA) is 44.8 Å². The van der Waals surface area contributed by atoms with Gasteiger partial charge >= 0.3 is 5.97 Å². The van der Waals surface area contributed by atoms with Crippen LogP contribution < -0.4 is 5.32 Å². The van der Waals surface area contributed by atoms with Crippen LogP contribution in [0.2, 0.25) is 0 Å². The van der Waals surface area contributed by atoms with Crippen LogP contribution in [0.15, 0.2) is 0 Å². The predicted molar refractivity (Wildman–Crippen MR) is 86.9 cm³/mol. The standard InChI is InChI=1S/C16H28ClN3O2/c1-19-9-15-13(7-14(19)16(21)22-2)18-10-20(15)8-11-3-5-12(17)6-4-11/h11-15,18H,3-10H2,1-2H3/t11?,12?,13?,14-,15?/m0/s1. The van der Waals surface area contributed by atoms with Crippen LogP contribution >= 0.6 is 11.6 Å². The van der Waals surface area contributed by atoms with Crippen LogP contribution in [0.25, 0.3) is 0 Å². The lowest BCUT2D eigenvalue weighted by molar-refractivity contribution is -0.148. The second-order valence-corrected chi connectivity index (χ2v) is 7.76. The first-order chi connectivity index (χ1) is 10.6. The van der Waals surface area contributed by atoms with Gasteiger partial charge in [-0.15, -0.1) is 11.6 Å². The predicted octanol–water partition coefficient (Wildman–Crippen LogP) is 1.26. The van der Waals surface area contributed by atoms with Crippen molar-refractivity contribution in [2.24, 2.45) is 5.92 Å². The van der Waals surface area contributed by atoms with Crippen molar-refractivity contribution in [1.82, 2.24) is 15.1 Å². The molecule has 0 radical (unpaired) electrons. The number of esters is 1. The van der Waals surface area contributed by atoms with E-state index in [1.807, 2.05) is 7.05 Å². The number of piperidine rings is 1. The van der Waals surface area contributed by atoms with E-state index in [4.69, 9.17) is 16.3 Å². The minimum atomic E-state index is -0.110. The van der Waals surface area contributed by atoms with Crippen LogP contribution in [0.3, 0.4) is 0 Å². The van der Waals surface area contributed by atoms with E-state index in [1.54, 1.807) is 0 Å². The van der Waals surface area contributed by atoms with Gasteiger partial charge in [-0.1, -0.05) is 0 Å². The zero-order valence-corrected chi connectivity index (χ0v) is 14.4. The van der Waals surface area contributed by atoms with Crippen molar-refractivity contribution in [3.05, 3.63) is 0 Å². The Hall–Kier alpha value is -0.360. The Balaban J connectivity index is 1.56. The quantitative estimate of drug-likeness (QED) is 0.624. The van der Waals surface area contributed by atoms with Crippen LogP contribution in [-0.2, 0) is 9.53 Å². The number of nitrogens with zero attached hydrogens (tertiary/aromatic N) is 2. The molecule has 3 aliphatic rings. The highest BCUT2D eigenvalue weighted by Crippen LogP contribution is 2.31. The van der Waals surface area contributed by atoms with E-state index in [9.17, 15) is 4.79 Å². The van der Waals surface area contributed by atoms with Crippen LogP contribution in [0.4, 0.5) is 0 Å². The highest BCUT2D eigenvalue weighted by Gasteiger charge is 2.44. The molecule has 2 aliphatic heterocycles. The fourth-order valence-electron chi connectivity index (χ4n) is 4.32. The van der Waals surface area contributed by atoms with E-state index in [0.717, 1.165) is 44.9 Å². The molecule has 6 heteroatoms. The van der Waals surface area contributed by atoms with Crippen LogP contribution in [0.1, 0.15) is 32.1 Å². The number of ether oxygens (including phenoxy) is 1. The molecule has 2 heterocycles. The van der Waals surface area contributed by atoms with Gasteiger partial charge in [0.25, 0.3) is 0 Å². The number of rotatable bonds is 3. The maximum Gasteiger partial charge on any atom is 0.323 e. The lowest BCUT2D eigenvalue weighted by Crippen LogP contribution is -2.57. The van der Waals surface area contributed by atoms with Crippen molar-refractivity contribution < 1.29 is 9.53 Å². The molecule has 0 aromatic rings. The number of hydrogen-bond donors (Lipinski definition) is 1. The molecule has 3 fully saturated rings. The maximum absolute atomic E-state index is 11.9. The summed E-state index contributed by atoms with van der Waals surface area (Å²) >= 11 is 6.21. The minimum Gasteiger partial charge on any atom is -0.468 e. The minimum absolute atomic E-state index is 0.106. The molecule has 0 aromatic carbocycles. The van der Waals surface area contributed by atoms with Crippen LogP contribution in [-0.4, -0.2) is 73.2 Å². The monoisotopic (exact) mass is 329 g/mol. The Kier molecular flexibility index (Phi) is 5.28. The number of carbonyl (C=O) groups excluding carboxylic acids is 1. The molecule has 2 saturated heterocycles. The second-order valence-electron chi connectivity index (χ2n) is 7.14. The number of nitrogens with one attached hydrogen (secondary N) is 1. The van der Waals surface area contributed by atoms with Gasteiger partial charge in [-0.3, -0.25) is 19.9 Å². The Morgan fingerprint density at radius 3 is 2.73 bits per heavy atom. The van der Waals surface area contributed by atoms with Crippen LogP contribution in [0.5, 0.6) is 0 Å². The third-order valence-corrected chi connectivity index (χ3v) is 6.15. The van der Waals surface area contributed by atoms with Gasteiger partial charge in [0, 0.05) is 37.2 Å². The summed E-state index contributed by atoms with van der Waals surface area (Å²) < 4.78 is 4.93. The number of carbonyl (C=O) groups is 1. The van der Waals surface area contributed by atoms with Crippen molar-refractivity contribution >= 4 is 17.6 Å². The highest BCUT2D eigenvalue weighted by molar-refractivity contribution is 6.20. The number of likely N-dealkylation sites (tertiary alicyclic amines) is 1. The van der Waals surface area contributed by atoms with Gasteiger partial charge in [-0.2, -0.15) is 0 Å². The van der Waals surface area contributed by atoms with E-state index >= 15 is 0 Å². The van der Waals surface area contributed by atoms with Crippen molar-refractivity contribution in [1.29, 1.82) is 0 Å². The van der Waals surface area contributed by atoms with E-state index in [1.165, 1.54) is 20.0 Å². The molecule has 2 unspecified atom stereocenters. The lowest BCUT2D eigenvalue weighted by atomic mass is 9.87. The fourth-order valence-corrected chi connectivity index (χ4v) is 4.57. The van der Waals surface area contributed by atoms with Gasteiger partial charge in [-0.25, -0.2) is 0 Å². The molecule has 0 amide bonds. The molecular weight excluding hydrogens is 302 g/mol. The SMILES string of the molecule is COC(=O)[C@@H]1CC2NCN(CC3CCC(Cl)CC3)C2CN1C. The molecule has 0 bridgehead atoms. The summed E-state index contributed by atoms with van der Waals surface area (Å²) in [5, 5.41) is 3.99. The molecule has 3 rings (SSSR count). The number of hydrogen-bond acceptors (Lipinski definition) is 5. The van der Waals surface area contributed by atoms with E-state index < -0.39 is 0 Å². The summed E-state index contributed by atoms with van der Waals surface area (Å²) in [5.74, 6) is 0.667. The normalized spacial score (nSPS) is 40.4. The molecule has 3 atom stereocenters.